The molecule has 0 bridgehead atoms. The second-order valence-corrected chi connectivity index (χ2v) is 10.7. The third-order valence-electron chi connectivity index (χ3n) is 6.33. The number of nitrogens with zero attached hydrogens (tertiary/aromatic N) is 2. The van der Waals surface area contributed by atoms with Crippen LogP contribution >= 0.6 is 0 Å². The van der Waals surface area contributed by atoms with E-state index in [9.17, 15) is 47.1 Å². The highest BCUT2D eigenvalue weighted by Gasteiger charge is 2.24. The quantitative estimate of drug-likeness (QED) is 0.0666. The zero-order chi connectivity index (χ0) is 41.6. The molecule has 0 radical (unpaired) electrons. The van der Waals surface area contributed by atoms with Crippen LogP contribution in [0, 0.1) is 11.6 Å². The second kappa shape index (κ2) is 23.8. The number of hydrogen-bond acceptors (Lipinski definition) is 20. The van der Waals surface area contributed by atoms with E-state index in [1.54, 1.807) is 0 Å². The van der Waals surface area contributed by atoms with Gasteiger partial charge in [-0.3, -0.25) is 38.4 Å². The standard InChI is InChI=1S/C34H38F2N2O18/c1-21(39)49-17-53-31(43)13-37(14-32(44)54-18-50-22(2)40)27-11-25(35)5-7-29(27)47-9-10-48-30-8-6-26(36)12-28(30)38(15-33(45)55-19-51-23(3)41)16-34(46)56-20-52-24(4)42/h5-8,11-12H,9-10,13-20H2,1-4H3. The van der Waals surface area contributed by atoms with Gasteiger partial charge in [0.25, 0.3) is 0 Å². The van der Waals surface area contributed by atoms with Crippen LogP contribution in [0.5, 0.6) is 11.5 Å². The van der Waals surface area contributed by atoms with E-state index in [-0.39, 0.29) is 36.1 Å². The molecule has 0 aliphatic heterocycles. The van der Waals surface area contributed by atoms with E-state index in [0.29, 0.717) is 0 Å². The fourth-order valence-electron chi connectivity index (χ4n) is 3.99. The fraction of sp³-hybridized carbons (Fsp3) is 0.412. The van der Waals surface area contributed by atoms with E-state index >= 15 is 0 Å². The highest BCUT2D eigenvalue weighted by atomic mass is 19.1. The summed E-state index contributed by atoms with van der Waals surface area (Å²) in [7, 11) is 0. The minimum Gasteiger partial charge on any atom is -0.488 e. The topological polar surface area (TPSA) is 235 Å². The van der Waals surface area contributed by atoms with Gasteiger partial charge in [-0.15, -0.1) is 0 Å². The van der Waals surface area contributed by atoms with E-state index in [1.807, 2.05) is 0 Å². The lowest BCUT2D eigenvalue weighted by molar-refractivity contribution is -0.167. The molecular formula is C34H38F2N2O18. The Hall–Kier alpha value is -6.74. The molecule has 2 rings (SSSR count). The molecule has 22 heteroatoms. The molecule has 0 amide bonds. The van der Waals surface area contributed by atoms with Crippen molar-refractivity contribution in [3.63, 3.8) is 0 Å². The summed E-state index contributed by atoms with van der Waals surface area (Å²) < 4.78 is 78.2. The Morgan fingerprint density at radius 3 is 0.964 bits per heavy atom. The smallest absolute Gasteiger partial charge is 0.328 e. The Balaban J connectivity index is 2.28. The van der Waals surface area contributed by atoms with Crippen LogP contribution in [0.15, 0.2) is 36.4 Å². The first-order valence-electron chi connectivity index (χ1n) is 16.0. The van der Waals surface area contributed by atoms with Crippen LogP contribution in [-0.4, -0.2) is 114 Å². The van der Waals surface area contributed by atoms with Crippen LogP contribution in [0.3, 0.4) is 0 Å². The molecule has 0 heterocycles. The summed E-state index contributed by atoms with van der Waals surface area (Å²) in [4.78, 5) is 96.4. The summed E-state index contributed by atoms with van der Waals surface area (Å²) in [6.07, 6.45) is 0. The zero-order valence-electron chi connectivity index (χ0n) is 30.5. The Morgan fingerprint density at radius 2 is 0.714 bits per heavy atom. The van der Waals surface area contributed by atoms with Gasteiger partial charge in [0, 0.05) is 39.8 Å². The molecule has 0 N–H and O–H groups in total. The Bertz CT molecular complexity index is 1530. The lowest BCUT2D eigenvalue weighted by Crippen LogP contribution is -2.37. The van der Waals surface area contributed by atoms with Gasteiger partial charge in [0.05, 0.1) is 11.4 Å². The molecule has 0 aliphatic carbocycles. The number of hydrogen-bond donors (Lipinski definition) is 0. The van der Waals surface area contributed by atoms with Crippen molar-refractivity contribution in [1.29, 1.82) is 0 Å². The number of esters is 8. The first-order valence-corrected chi connectivity index (χ1v) is 16.0. The van der Waals surface area contributed by atoms with Crippen LogP contribution in [0.25, 0.3) is 0 Å². The zero-order valence-corrected chi connectivity index (χ0v) is 30.5. The highest BCUT2D eigenvalue weighted by Crippen LogP contribution is 2.31. The van der Waals surface area contributed by atoms with Gasteiger partial charge in [0.15, 0.2) is 0 Å². The van der Waals surface area contributed by atoms with Gasteiger partial charge >= 0.3 is 47.8 Å². The van der Waals surface area contributed by atoms with Crippen molar-refractivity contribution in [2.75, 3.05) is 76.4 Å². The van der Waals surface area contributed by atoms with Gasteiger partial charge in [-0.1, -0.05) is 0 Å². The molecule has 56 heavy (non-hydrogen) atoms. The monoisotopic (exact) mass is 800 g/mol. The van der Waals surface area contributed by atoms with Crippen molar-refractivity contribution in [3.05, 3.63) is 48.0 Å². The molecule has 0 saturated heterocycles. The summed E-state index contributed by atoms with van der Waals surface area (Å²) in [5, 5.41) is 0. The van der Waals surface area contributed by atoms with Crippen LogP contribution in [0.4, 0.5) is 20.2 Å². The second-order valence-electron chi connectivity index (χ2n) is 10.7. The Labute approximate surface area is 317 Å². The Kier molecular flexibility index (Phi) is 19.3. The molecular weight excluding hydrogens is 762 g/mol. The third-order valence-corrected chi connectivity index (χ3v) is 6.33. The van der Waals surface area contributed by atoms with E-state index in [1.165, 1.54) is 12.1 Å². The summed E-state index contributed by atoms with van der Waals surface area (Å²) in [5.74, 6) is -8.87. The number of ether oxygens (including phenoxy) is 10. The van der Waals surface area contributed by atoms with Gasteiger partial charge in [-0.25, -0.2) is 8.78 Å². The molecule has 0 unspecified atom stereocenters. The maximum Gasteiger partial charge on any atom is 0.328 e. The number of anilines is 2. The average molecular weight is 801 g/mol. The molecule has 306 valence electrons. The van der Waals surface area contributed by atoms with Crippen LogP contribution in [-0.2, 0) is 76.3 Å². The minimum absolute atomic E-state index is 0.0948. The van der Waals surface area contributed by atoms with Crippen LogP contribution < -0.4 is 19.3 Å². The summed E-state index contributed by atoms with van der Waals surface area (Å²) in [5.41, 5.74) is -0.320. The van der Waals surface area contributed by atoms with Gasteiger partial charge in [0.2, 0.25) is 27.2 Å². The van der Waals surface area contributed by atoms with Crippen molar-refractivity contribution < 1.29 is 94.5 Å². The van der Waals surface area contributed by atoms with Crippen molar-refractivity contribution in [2.24, 2.45) is 0 Å². The van der Waals surface area contributed by atoms with Crippen molar-refractivity contribution >= 4 is 59.1 Å². The first-order chi connectivity index (χ1) is 26.5. The predicted octanol–water partition coefficient (Wildman–Crippen LogP) is 1.29. The number of carbonyl (C=O) groups is 8. The molecule has 0 aromatic heterocycles. The van der Waals surface area contributed by atoms with Gasteiger partial charge in [0.1, 0.15) is 62.5 Å². The number of halogens is 2. The summed E-state index contributed by atoms with van der Waals surface area (Å²) in [6.45, 7) is -2.25. The molecule has 0 fully saturated rings. The third kappa shape index (κ3) is 18.3. The maximum atomic E-state index is 14.5. The van der Waals surface area contributed by atoms with Crippen LogP contribution in [0.2, 0.25) is 0 Å². The predicted molar refractivity (Wildman–Crippen MR) is 179 cm³/mol. The Morgan fingerprint density at radius 1 is 0.446 bits per heavy atom. The number of benzene rings is 2. The summed E-state index contributed by atoms with van der Waals surface area (Å²) in [6, 6.07) is 6.19. The van der Waals surface area contributed by atoms with Gasteiger partial charge < -0.3 is 57.2 Å². The lowest BCUT2D eigenvalue weighted by Gasteiger charge is -2.26. The van der Waals surface area contributed by atoms with E-state index < -0.39 is 113 Å². The van der Waals surface area contributed by atoms with Crippen molar-refractivity contribution in [2.45, 2.75) is 27.7 Å². The lowest BCUT2D eigenvalue weighted by atomic mass is 10.2. The SMILES string of the molecule is CC(=O)OCOC(=O)CN(CC(=O)OCOC(C)=O)c1cc(F)ccc1OCCOc1ccc(F)cc1N(CC(=O)OCOC(C)=O)CC(=O)OCOC(C)=O. The van der Waals surface area contributed by atoms with E-state index in [4.69, 9.17) is 28.4 Å². The van der Waals surface area contributed by atoms with E-state index in [2.05, 4.69) is 18.9 Å². The molecule has 20 nitrogen and oxygen atoms in total. The normalized spacial score (nSPS) is 10.2. The van der Waals surface area contributed by atoms with E-state index in [0.717, 1.165) is 61.8 Å². The molecule has 2 aromatic rings. The van der Waals surface area contributed by atoms with Crippen molar-refractivity contribution in [3.8, 4) is 11.5 Å². The molecule has 0 saturated carbocycles. The summed E-state index contributed by atoms with van der Waals surface area (Å²) >= 11 is 0. The first kappa shape index (κ1) is 45.4. The number of rotatable bonds is 23. The van der Waals surface area contributed by atoms with Gasteiger partial charge in [-0.2, -0.15) is 0 Å². The molecule has 0 spiro atoms. The molecule has 0 aliphatic rings. The highest BCUT2D eigenvalue weighted by molar-refractivity contribution is 5.84. The van der Waals surface area contributed by atoms with Gasteiger partial charge in [-0.05, 0) is 24.3 Å². The average Bonchev–Trinajstić information content (AvgIpc) is 3.09. The fourth-order valence-corrected chi connectivity index (χ4v) is 3.99. The molecule has 0 atom stereocenters. The van der Waals surface area contributed by atoms with Crippen molar-refractivity contribution in [1.82, 2.24) is 0 Å². The molecule has 2 aromatic carbocycles. The number of carbonyl (C=O) groups excluding carboxylic acids is 8. The van der Waals surface area contributed by atoms with Crippen LogP contribution in [0.1, 0.15) is 27.7 Å². The largest absolute Gasteiger partial charge is 0.488 e. The minimum atomic E-state index is -1.02. The maximum absolute atomic E-state index is 14.5.